The second-order valence-corrected chi connectivity index (χ2v) is 6.24. The van der Waals surface area contributed by atoms with Gasteiger partial charge in [-0.1, -0.05) is 30.3 Å². The minimum atomic E-state index is -0.200. The van der Waals surface area contributed by atoms with Gasteiger partial charge in [-0.3, -0.25) is 4.99 Å². The second-order valence-electron chi connectivity index (χ2n) is 6.24. The Morgan fingerprint density at radius 3 is 2.70 bits per heavy atom. The van der Waals surface area contributed by atoms with Crippen molar-refractivity contribution >= 4 is 5.96 Å². The molecule has 5 nitrogen and oxygen atoms in total. The summed E-state index contributed by atoms with van der Waals surface area (Å²) in [5.41, 5.74) is 2.52. The van der Waals surface area contributed by atoms with Crippen LogP contribution in [0.25, 0.3) is 0 Å². The van der Waals surface area contributed by atoms with Gasteiger partial charge in [0.05, 0.1) is 26.4 Å². The van der Waals surface area contributed by atoms with Crippen LogP contribution < -0.4 is 15.4 Å². The van der Waals surface area contributed by atoms with Gasteiger partial charge in [0.25, 0.3) is 0 Å². The molecule has 2 aromatic carbocycles. The average Bonchev–Trinajstić information content (AvgIpc) is 2.69. The zero-order valence-corrected chi connectivity index (χ0v) is 16.4. The quantitative estimate of drug-likeness (QED) is 0.422. The van der Waals surface area contributed by atoms with E-state index in [-0.39, 0.29) is 11.9 Å². The lowest BCUT2D eigenvalue weighted by Crippen LogP contribution is -2.40. The number of hydrogen-bond acceptors (Lipinski definition) is 3. The second kappa shape index (κ2) is 10.5. The molecule has 0 aliphatic carbocycles. The Balaban J connectivity index is 1.76. The van der Waals surface area contributed by atoms with Crippen molar-refractivity contribution in [2.75, 3.05) is 27.3 Å². The van der Waals surface area contributed by atoms with Crippen LogP contribution in [-0.4, -0.2) is 33.3 Å². The molecule has 146 valence electrons. The van der Waals surface area contributed by atoms with Crippen molar-refractivity contribution < 1.29 is 13.9 Å². The van der Waals surface area contributed by atoms with Gasteiger partial charge in [0.2, 0.25) is 0 Å². The fraction of sp³-hybridized carbons (Fsp3) is 0.381. The van der Waals surface area contributed by atoms with Crippen molar-refractivity contribution in [2.24, 2.45) is 4.99 Å². The van der Waals surface area contributed by atoms with Gasteiger partial charge in [-0.15, -0.1) is 0 Å². The number of ether oxygens (including phenoxy) is 2. The van der Waals surface area contributed by atoms with E-state index in [2.05, 4.69) is 15.6 Å². The fourth-order valence-corrected chi connectivity index (χ4v) is 2.61. The summed E-state index contributed by atoms with van der Waals surface area (Å²) in [6.45, 7) is 5.32. The van der Waals surface area contributed by atoms with Gasteiger partial charge >= 0.3 is 0 Å². The Hall–Kier alpha value is -2.60. The summed E-state index contributed by atoms with van der Waals surface area (Å²) in [4.78, 5) is 4.20. The Kier molecular flexibility index (Phi) is 8.07. The third-order valence-corrected chi connectivity index (χ3v) is 4.26. The molecule has 0 aliphatic heterocycles. The van der Waals surface area contributed by atoms with Gasteiger partial charge in [0.15, 0.2) is 5.96 Å². The average molecular weight is 373 g/mol. The molecule has 1 unspecified atom stereocenters. The van der Waals surface area contributed by atoms with Crippen molar-refractivity contribution in [1.82, 2.24) is 10.6 Å². The van der Waals surface area contributed by atoms with E-state index in [4.69, 9.17) is 9.47 Å². The van der Waals surface area contributed by atoms with Crippen LogP contribution in [0.2, 0.25) is 0 Å². The topological polar surface area (TPSA) is 54.9 Å². The number of halogens is 1. The molecule has 0 spiro atoms. The number of guanidine groups is 1. The first-order chi connectivity index (χ1) is 13.0. The normalized spacial score (nSPS) is 12.6. The maximum absolute atomic E-state index is 13.7. The van der Waals surface area contributed by atoms with Crippen LogP contribution in [0, 0.1) is 12.7 Å². The molecule has 0 saturated carbocycles. The molecule has 0 fully saturated rings. The standard InChI is InChI=1S/C21H28FN3O2/c1-15-9-10-17(13-19(15)22)16(2)25-21(23-3)24-11-12-27-14-18-7-5-6-8-20(18)26-4/h5-10,13,16H,11-12,14H2,1-4H3,(H2,23,24,25). The highest BCUT2D eigenvalue weighted by molar-refractivity contribution is 5.80. The Bertz CT molecular complexity index is 765. The highest BCUT2D eigenvalue weighted by Crippen LogP contribution is 2.18. The highest BCUT2D eigenvalue weighted by atomic mass is 19.1. The van der Waals surface area contributed by atoms with Crippen molar-refractivity contribution in [3.8, 4) is 5.75 Å². The van der Waals surface area contributed by atoms with Crippen molar-refractivity contribution in [1.29, 1.82) is 0 Å². The van der Waals surface area contributed by atoms with Gasteiger partial charge in [0.1, 0.15) is 11.6 Å². The zero-order valence-electron chi connectivity index (χ0n) is 16.4. The number of para-hydroxylation sites is 1. The van der Waals surface area contributed by atoms with Crippen LogP contribution in [0.1, 0.15) is 29.7 Å². The molecule has 0 bridgehead atoms. The third-order valence-electron chi connectivity index (χ3n) is 4.26. The molecule has 1 atom stereocenters. The molecule has 0 aromatic heterocycles. The summed E-state index contributed by atoms with van der Waals surface area (Å²) < 4.78 is 24.8. The summed E-state index contributed by atoms with van der Waals surface area (Å²) in [5, 5.41) is 6.45. The predicted octanol–water partition coefficient (Wildman–Crippen LogP) is 3.59. The van der Waals surface area contributed by atoms with Crippen LogP contribution >= 0.6 is 0 Å². The molecule has 0 aliphatic rings. The van der Waals surface area contributed by atoms with Crippen molar-refractivity contribution in [3.63, 3.8) is 0 Å². The van der Waals surface area contributed by atoms with Crippen LogP contribution in [-0.2, 0) is 11.3 Å². The first kappa shape index (κ1) is 20.7. The van der Waals surface area contributed by atoms with E-state index in [9.17, 15) is 4.39 Å². The minimum absolute atomic E-state index is 0.0687. The van der Waals surface area contributed by atoms with Crippen LogP contribution in [0.4, 0.5) is 4.39 Å². The highest BCUT2D eigenvalue weighted by Gasteiger charge is 2.09. The Morgan fingerprint density at radius 1 is 1.22 bits per heavy atom. The number of nitrogens with one attached hydrogen (secondary N) is 2. The van der Waals surface area contributed by atoms with E-state index in [1.54, 1.807) is 33.2 Å². The minimum Gasteiger partial charge on any atom is -0.496 e. The summed E-state index contributed by atoms with van der Waals surface area (Å²) in [7, 11) is 3.35. The van der Waals surface area contributed by atoms with E-state index >= 15 is 0 Å². The van der Waals surface area contributed by atoms with Crippen LogP contribution in [0.3, 0.4) is 0 Å². The number of aryl methyl sites for hydroxylation is 1. The van der Waals surface area contributed by atoms with E-state index in [1.165, 1.54) is 0 Å². The Labute approximate surface area is 160 Å². The maximum Gasteiger partial charge on any atom is 0.191 e. The van der Waals surface area contributed by atoms with Gasteiger partial charge in [0, 0.05) is 19.2 Å². The van der Waals surface area contributed by atoms with Crippen LogP contribution in [0.5, 0.6) is 5.75 Å². The molecule has 2 rings (SSSR count). The number of aliphatic imine (C=N–C) groups is 1. The molecule has 0 heterocycles. The van der Waals surface area contributed by atoms with E-state index in [0.29, 0.717) is 31.3 Å². The molecule has 2 N–H and O–H groups in total. The third kappa shape index (κ3) is 6.25. The lowest BCUT2D eigenvalue weighted by Gasteiger charge is -2.19. The first-order valence-electron chi connectivity index (χ1n) is 8.98. The summed E-state index contributed by atoms with van der Waals surface area (Å²) >= 11 is 0. The lowest BCUT2D eigenvalue weighted by molar-refractivity contribution is 0.123. The monoisotopic (exact) mass is 373 g/mol. The summed E-state index contributed by atoms with van der Waals surface area (Å²) in [5.74, 6) is 1.26. The lowest BCUT2D eigenvalue weighted by atomic mass is 10.1. The molecule has 0 radical (unpaired) electrons. The van der Waals surface area contributed by atoms with E-state index in [1.807, 2.05) is 37.3 Å². The number of hydrogen-bond donors (Lipinski definition) is 2. The number of methoxy groups -OCH3 is 1. The van der Waals surface area contributed by atoms with Gasteiger partial charge in [-0.25, -0.2) is 4.39 Å². The SMILES string of the molecule is CN=C(NCCOCc1ccccc1OC)NC(C)c1ccc(C)c(F)c1. The number of benzene rings is 2. The smallest absolute Gasteiger partial charge is 0.191 e. The maximum atomic E-state index is 13.7. The molecule has 0 saturated heterocycles. The zero-order chi connectivity index (χ0) is 19.6. The number of rotatable bonds is 8. The van der Waals surface area contributed by atoms with E-state index in [0.717, 1.165) is 16.9 Å². The first-order valence-corrected chi connectivity index (χ1v) is 8.98. The van der Waals surface area contributed by atoms with Crippen LogP contribution in [0.15, 0.2) is 47.5 Å². The van der Waals surface area contributed by atoms with Gasteiger partial charge in [-0.2, -0.15) is 0 Å². The Morgan fingerprint density at radius 2 is 2.00 bits per heavy atom. The predicted molar refractivity (Wildman–Crippen MR) is 107 cm³/mol. The fourth-order valence-electron chi connectivity index (χ4n) is 2.61. The molecular formula is C21H28FN3O2. The molecule has 0 amide bonds. The largest absolute Gasteiger partial charge is 0.496 e. The van der Waals surface area contributed by atoms with E-state index < -0.39 is 0 Å². The molecular weight excluding hydrogens is 345 g/mol. The molecule has 2 aromatic rings. The van der Waals surface area contributed by atoms with Gasteiger partial charge in [-0.05, 0) is 37.1 Å². The molecule has 27 heavy (non-hydrogen) atoms. The van der Waals surface area contributed by atoms with Crippen molar-refractivity contribution in [2.45, 2.75) is 26.5 Å². The number of nitrogens with zero attached hydrogens (tertiary/aromatic N) is 1. The van der Waals surface area contributed by atoms with Crippen molar-refractivity contribution in [3.05, 3.63) is 65.0 Å². The van der Waals surface area contributed by atoms with Gasteiger partial charge < -0.3 is 20.1 Å². The summed E-state index contributed by atoms with van der Waals surface area (Å²) in [6.07, 6.45) is 0. The summed E-state index contributed by atoms with van der Waals surface area (Å²) in [6, 6.07) is 13.0. The molecule has 6 heteroatoms.